The smallest absolute Gasteiger partial charge is 0.254 e. The van der Waals surface area contributed by atoms with Crippen LogP contribution in [-0.4, -0.2) is 36.9 Å². The van der Waals surface area contributed by atoms with Gasteiger partial charge in [0.1, 0.15) is 12.3 Å². The number of carbonyl (C=O) groups is 2. The van der Waals surface area contributed by atoms with Crippen LogP contribution in [0.25, 0.3) is 0 Å². The van der Waals surface area contributed by atoms with E-state index in [1.165, 1.54) is 4.90 Å². The number of methoxy groups -OCH3 is 1. The van der Waals surface area contributed by atoms with Gasteiger partial charge < -0.3 is 15.0 Å². The monoisotopic (exact) mass is 340 g/mol. The van der Waals surface area contributed by atoms with Gasteiger partial charge in [0.15, 0.2) is 0 Å². The first-order valence-electron chi connectivity index (χ1n) is 8.26. The number of hydrogen-bond donors (Lipinski definition) is 1. The fourth-order valence-corrected chi connectivity index (χ4v) is 2.59. The minimum absolute atomic E-state index is 0.0131. The number of likely N-dealkylation sites (N-methyl/N-ethyl adjacent to an activating group) is 1. The SMILES string of the molecule is CCN(CC(=O)Nc1ccccc1OC)C(=O)c1cccc(C)c1C. The molecule has 2 aromatic carbocycles. The highest BCUT2D eigenvalue weighted by Crippen LogP contribution is 2.23. The van der Waals surface area contributed by atoms with Crippen LogP contribution in [-0.2, 0) is 4.79 Å². The van der Waals surface area contributed by atoms with Gasteiger partial charge in [-0.2, -0.15) is 0 Å². The Bertz CT molecular complexity index is 771. The van der Waals surface area contributed by atoms with Crippen molar-refractivity contribution >= 4 is 17.5 Å². The Hall–Kier alpha value is -2.82. The topological polar surface area (TPSA) is 58.6 Å². The van der Waals surface area contributed by atoms with E-state index in [2.05, 4.69) is 5.32 Å². The largest absolute Gasteiger partial charge is 0.495 e. The Morgan fingerprint density at radius 2 is 1.80 bits per heavy atom. The molecule has 0 spiro atoms. The molecule has 25 heavy (non-hydrogen) atoms. The first-order chi connectivity index (χ1) is 12.0. The normalized spacial score (nSPS) is 10.2. The van der Waals surface area contributed by atoms with E-state index in [-0.39, 0.29) is 18.4 Å². The van der Waals surface area contributed by atoms with Gasteiger partial charge in [-0.15, -0.1) is 0 Å². The molecule has 0 fully saturated rings. The average Bonchev–Trinajstić information content (AvgIpc) is 2.62. The van der Waals surface area contributed by atoms with Crippen molar-refractivity contribution < 1.29 is 14.3 Å². The lowest BCUT2D eigenvalue weighted by Crippen LogP contribution is -2.38. The molecule has 5 heteroatoms. The van der Waals surface area contributed by atoms with Gasteiger partial charge in [-0.1, -0.05) is 24.3 Å². The lowest BCUT2D eigenvalue weighted by atomic mass is 10.0. The number of anilines is 1. The van der Waals surface area contributed by atoms with Gasteiger partial charge in [0, 0.05) is 12.1 Å². The zero-order valence-electron chi connectivity index (χ0n) is 15.1. The lowest BCUT2D eigenvalue weighted by molar-refractivity contribution is -0.116. The van der Waals surface area contributed by atoms with Crippen LogP contribution in [0.4, 0.5) is 5.69 Å². The molecule has 0 heterocycles. The molecule has 132 valence electrons. The fourth-order valence-electron chi connectivity index (χ4n) is 2.59. The van der Waals surface area contributed by atoms with Crippen LogP contribution in [0.2, 0.25) is 0 Å². The molecule has 0 bridgehead atoms. The molecule has 0 aliphatic carbocycles. The summed E-state index contributed by atoms with van der Waals surface area (Å²) in [7, 11) is 1.55. The number of nitrogens with zero attached hydrogens (tertiary/aromatic N) is 1. The quantitative estimate of drug-likeness (QED) is 0.877. The minimum Gasteiger partial charge on any atom is -0.495 e. The highest BCUT2D eigenvalue weighted by Gasteiger charge is 2.20. The third kappa shape index (κ3) is 4.38. The van der Waals surface area contributed by atoms with E-state index in [0.717, 1.165) is 11.1 Å². The zero-order chi connectivity index (χ0) is 18.4. The molecule has 0 atom stereocenters. The van der Waals surface area contributed by atoms with Gasteiger partial charge in [-0.25, -0.2) is 0 Å². The summed E-state index contributed by atoms with van der Waals surface area (Å²) in [5.74, 6) is 0.184. The van der Waals surface area contributed by atoms with E-state index in [0.29, 0.717) is 23.5 Å². The first kappa shape index (κ1) is 18.5. The van der Waals surface area contributed by atoms with E-state index in [4.69, 9.17) is 4.74 Å². The van der Waals surface area contributed by atoms with Crippen molar-refractivity contribution in [2.45, 2.75) is 20.8 Å². The molecule has 0 unspecified atom stereocenters. The number of nitrogens with one attached hydrogen (secondary N) is 1. The summed E-state index contributed by atoms with van der Waals surface area (Å²) in [5.41, 5.74) is 3.22. The second-order valence-electron chi connectivity index (χ2n) is 5.82. The van der Waals surface area contributed by atoms with E-state index >= 15 is 0 Å². The van der Waals surface area contributed by atoms with E-state index in [1.54, 1.807) is 25.3 Å². The van der Waals surface area contributed by atoms with Gasteiger partial charge in [-0.05, 0) is 50.1 Å². The van der Waals surface area contributed by atoms with E-state index in [1.807, 2.05) is 45.0 Å². The molecular weight excluding hydrogens is 316 g/mol. The number of aryl methyl sites for hydroxylation is 1. The van der Waals surface area contributed by atoms with Crippen LogP contribution in [0.5, 0.6) is 5.75 Å². The number of benzene rings is 2. The number of rotatable bonds is 6. The van der Waals surface area contributed by atoms with Crippen LogP contribution in [0.1, 0.15) is 28.4 Å². The van der Waals surface area contributed by atoms with Crippen molar-refractivity contribution in [2.24, 2.45) is 0 Å². The average molecular weight is 340 g/mol. The maximum Gasteiger partial charge on any atom is 0.254 e. The van der Waals surface area contributed by atoms with Crippen LogP contribution in [0.15, 0.2) is 42.5 Å². The van der Waals surface area contributed by atoms with Crippen molar-refractivity contribution in [2.75, 3.05) is 25.5 Å². The van der Waals surface area contributed by atoms with E-state index in [9.17, 15) is 9.59 Å². The summed E-state index contributed by atoms with van der Waals surface area (Å²) in [4.78, 5) is 26.7. The van der Waals surface area contributed by atoms with Crippen molar-refractivity contribution in [3.05, 3.63) is 59.2 Å². The Kier molecular flexibility index (Phi) is 6.17. The predicted molar refractivity (Wildman–Crippen MR) is 99.1 cm³/mol. The third-order valence-electron chi connectivity index (χ3n) is 4.22. The molecule has 0 saturated heterocycles. The number of carbonyl (C=O) groups excluding carboxylic acids is 2. The van der Waals surface area contributed by atoms with Crippen LogP contribution in [0, 0.1) is 13.8 Å². The van der Waals surface area contributed by atoms with E-state index < -0.39 is 0 Å². The lowest BCUT2D eigenvalue weighted by Gasteiger charge is -2.22. The molecule has 0 saturated carbocycles. The third-order valence-corrected chi connectivity index (χ3v) is 4.22. The van der Waals surface area contributed by atoms with Crippen molar-refractivity contribution in [3.63, 3.8) is 0 Å². The van der Waals surface area contributed by atoms with Gasteiger partial charge in [0.2, 0.25) is 5.91 Å². The highest BCUT2D eigenvalue weighted by atomic mass is 16.5. The zero-order valence-corrected chi connectivity index (χ0v) is 15.1. The van der Waals surface area contributed by atoms with Gasteiger partial charge in [0.25, 0.3) is 5.91 Å². The number of amides is 2. The first-order valence-corrected chi connectivity index (χ1v) is 8.26. The second-order valence-corrected chi connectivity index (χ2v) is 5.82. The molecule has 5 nitrogen and oxygen atoms in total. The Morgan fingerprint density at radius 3 is 2.48 bits per heavy atom. The maximum absolute atomic E-state index is 12.8. The van der Waals surface area contributed by atoms with Crippen LogP contribution < -0.4 is 10.1 Å². The Morgan fingerprint density at radius 1 is 1.08 bits per heavy atom. The summed E-state index contributed by atoms with van der Waals surface area (Å²) in [6.45, 7) is 6.19. The molecule has 2 rings (SSSR count). The Balaban J connectivity index is 2.12. The molecule has 2 amide bonds. The van der Waals surface area contributed by atoms with Crippen LogP contribution in [0.3, 0.4) is 0 Å². The van der Waals surface area contributed by atoms with Crippen molar-refractivity contribution in [1.29, 1.82) is 0 Å². The molecule has 0 aliphatic rings. The molecule has 0 aliphatic heterocycles. The summed E-state index contributed by atoms with van der Waals surface area (Å²) in [5, 5.41) is 2.80. The predicted octanol–water partition coefficient (Wildman–Crippen LogP) is 3.41. The summed E-state index contributed by atoms with van der Waals surface area (Å²) in [6, 6.07) is 12.8. The summed E-state index contributed by atoms with van der Waals surface area (Å²) in [6.07, 6.45) is 0. The number of para-hydroxylation sites is 2. The number of hydrogen-bond acceptors (Lipinski definition) is 3. The number of ether oxygens (including phenoxy) is 1. The summed E-state index contributed by atoms with van der Waals surface area (Å²) < 4.78 is 5.23. The molecule has 2 aromatic rings. The van der Waals surface area contributed by atoms with Crippen molar-refractivity contribution in [1.82, 2.24) is 4.90 Å². The second kappa shape index (κ2) is 8.33. The molecular formula is C20H24N2O3. The van der Waals surface area contributed by atoms with Gasteiger partial charge in [0.05, 0.1) is 12.8 Å². The maximum atomic E-state index is 12.8. The minimum atomic E-state index is -0.259. The molecule has 0 radical (unpaired) electrons. The molecule has 1 N–H and O–H groups in total. The standard InChI is InChI=1S/C20H24N2O3/c1-5-22(20(24)16-10-8-9-14(2)15(16)3)13-19(23)21-17-11-6-7-12-18(17)25-4/h6-12H,5,13H2,1-4H3,(H,21,23). The highest BCUT2D eigenvalue weighted by molar-refractivity contribution is 6.00. The fraction of sp³-hybridized carbons (Fsp3) is 0.300. The Labute approximate surface area is 148 Å². The van der Waals surface area contributed by atoms with Gasteiger partial charge in [-0.3, -0.25) is 9.59 Å². The van der Waals surface area contributed by atoms with Gasteiger partial charge >= 0.3 is 0 Å². The van der Waals surface area contributed by atoms with Crippen LogP contribution >= 0.6 is 0 Å². The molecule has 0 aromatic heterocycles. The van der Waals surface area contributed by atoms with Crippen molar-refractivity contribution in [3.8, 4) is 5.75 Å². The summed E-state index contributed by atoms with van der Waals surface area (Å²) >= 11 is 0.